The van der Waals surface area contributed by atoms with E-state index in [1.165, 1.54) is 0 Å². The maximum Gasteiger partial charge on any atom is 0.304 e. The van der Waals surface area contributed by atoms with Crippen LogP contribution in [0, 0.1) is 6.92 Å². The van der Waals surface area contributed by atoms with Crippen molar-refractivity contribution >= 4 is 35.3 Å². The van der Waals surface area contributed by atoms with Crippen molar-refractivity contribution in [1.29, 1.82) is 0 Å². The average molecular weight is 490 g/mol. The fourth-order valence-corrected chi connectivity index (χ4v) is 4.42. The van der Waals surface area contributed by atoms with Gasteiger partial charge < -0.3 is 10.2 Å². The molecule has 0 aromatic heterocycles. The molecule has 0 radical (unpaired) electrons. The zero-order chi connectivity index (χ0) is 24.9. The first-order valence-electron chi connectivity index (χ1n) is 11.8. The van der Waals surface area contributed by atoms with Crippen LogP contribution in [0.3, 0.4) is 0 Å². The van der Waals surface area contributed by atoms with Gasteiger partial charge >= 0.3 is 5.91 Å². The number of anilines is 1. The molecule has 1 aliphatic rings. The predicted octanol–water partition coefficient (Wildman–Crippen LogP) is 4.51. The van der Waals surface area contributed by atoms with Gasteiger partial charge in [-0.1, -0.05) is 41.4 Å². The SMILES string of the molecule is CCN(CC)c1ccc(/C=[N+]2\NC(=O)[C@H](NC(=O)c3ccc(C)cc3)[C@@H]2c2ccc(Cl)cc2)cc1. The number of benzene rings is 3. The number of rotatable bonds is 7. The van der Waals surface area contributed by atoms with Gasteiger partial charge in [-0.3, -0.25) is 9.59 Å². The van der Waals surface area contributed by atoms with Crippen molar-refractivity contribution in [2.45, 2.75) is 32.9 Å². The molecule has 0 spiro atoms. The van der Waals surface area contributed by atoms with Crippen molar-refractivity contribution in [2.24, 2.45) is 0 Å². The number of hydrazone groups is 1. The fraction of sp³-hybridized carbons (Fsp3) is 0.250. The van der Waals surface area contributed by atoms with Gasteiger partial charge in [-0.15, -0.1) is 10.1 Å². The van der Waals surface area contributed by atoms with Gasteiger partial charge in [0, 0.05) is 40.5 Å². The monoisotopic (exact) mass is 489 g/mol. The highest BCUT2D eigenvalue weighted by molar-refractivity contribution is 6.30. The molecule has 0 unspecified atom stereocenters. The summed E-state index contributed by atoms with van der Waals surface area (Å²) in [6, 6.07) is 21.6. The molecule has 2 amide bonds. The summed E-state index contributed by atoms with van der Waals surface area (Å²) < 4.78 is 1.76. The lowest BCUT2D eigenvalue weighted by molar-refractivity contribution is -0.596. The van der Waals surface area contributed by atoms with Crippen LogP contribution in [0.1, 0.15) is 46.9 Å². The van der Waals surface area contributed by atoms with E-state index in [0.29, 0.717) is 10.6 Å². The zero-order valence-corrected chi connectivity index (χ0v) is 20.9. The van der Waals surface area contributed by atoms with E-state index in [1.807, 2.05) is 49.5 Å². The minimum absolute atomic E-state index is 0.276. The maximum absolute atomic E-state index is 13.0. The van der Waals surface area contributed by atoms with Gasteiger partial charge in [-0.05, 0) is 69.3 Å². The second kappa shape index (κ2) is 10.7. The Labute approximate surface area is 211 Å². The molecule has 2 N–H and O–H groups in total. The van der Waals surface area contributed by atoms with Crippen molar-refractivity contribution in [2.75, 3.05) is 18.0 Å². The third-order valence-corrected chi connectivity index (χ3v) is 6.51. The minimum atomic E-state index is -0.781. The number of hydrogen-bond acceptors (Lipinski definition) is 3. The molecular formula is C28H30ClN4O2+. The van der Waals surface area contributed by atoms with Gasteiger partial charge in [0.1, 0.15) is 0 Å². The molecule has 0 aliphatic carbocycles. The lowest BCUT2D eigenvalue weighted by Crippen LogP contribution is -2.42. The Morgan fingerprint density at radius 1 is 1.00 bits per heavy atom. The molecule has 180 valence electrons. The number of carbonyl (C=O) groups is 2. The molecule has 1 saturated heterocycles. The van der Waals surface area contributed by atoms with E-state index in [-0.39, 0.29) is 11.8 Å². The number of nitrogens with one attached hydrogen (secondary N) is 2. The summed E-state index contributed by atoms with van der Waals surface area (Å²) in [5.41, 5.74) is 7.43. The van der Waals surface area contributed by atoms with E-state index < -0.39 is 12.1 Å². The normalized spacial score (nSPS) is 18.4. The Morgan fingerprint density at radius 3 is 2.23 bits per heavy atom. The first kappa shape index (κ1) is 24.5. The van der Waals surface area contributed by atoms with Crippen LogP contribution in [-0.4, -0.2) is 41.8 Å². The van der Waals surface area contributed by atoms with Crippen molar-refractivity contribution in [3.05, 3.63) is 100 Å². The largest absolute Gasteiger partial charge is 0.372 e. The Balaban J connectivity index is 1.66. The summed E-state index contributed by atoms with van der Waals surface area (Å²) in [7, 11) is 0. The van der Waals surface area contributed by atoms with E-state index in [9.17, 15) is 9.59 Å². The Morgan fingerprint density at radius 2 is 1.63 bits per heavy atom. The predicted molar refractivity (Wildman–Crippen MR) is 140 cm³/mol. The van der Waals surface area contributed by atoms with Crippen molar-refractivity contribution in [3.8, 4) is 0 Å². The van der Waals surface area contributed by atoms with E-state index in [0.717, 1.165) is 35.5 Å². The molecule has 4 rings (SSSR count). The van der Waals surface area contributed by atoms with Gasteiger partial charge in [-0.25, -0.2) is 0 Å². The fourth-order valence-electron chi connectivity index (χ4n) is 4.29. The van der Waals surface area contributed by atoms with Crippen LogP contribution >= 0.6 is 11.6 Å². The highest BCUT2D eigenvalue weighted by Crippen LogP contribution is 2.27. The molecule has 1 fully saturated rings. The number of amides is 2. The Bertz CT molecular complexity index is 1220. The quantitative estimate of drug-likeness (QED) is 0.480. The number of aryl methyl sites for hydroxylation is 1. The maximum atomic E-state index is 13.0. The molecular weight excluding hydrogens is 460 g/mol. The van der Waals surface area contributed by atoms with Crippen molar-refractivity contribution in [1.82, 2.24) is 10.7 Å². The molecule has 6 nitrogen and oxygen atoms in total. The Hall–Kier alpha value is -3.64. The number of hydrogen-bond donors (Lipinski definition) is 2. The summed E-state index contributed by atoms with van der Waals surface area (Å²) in [4.78, 5) is 28.3. The third-order valence-electron chi connectivity index (χ3n) is 6.26. The van der Waals surface area contributed by atoms with Crippen LogP contribution in [0.4, 0.5) is 5.69 Å². The number of halogens is 1. The first-order valence-corrected chi connectivity index (χ1v) is 12.2. The number of carbonyl (C=O) groups excluding carboxylic acids is 2. The molecule has 7 heteroatoms. The molecule has 1 heterocycles. The summed E-state index contributed by atoms with van der Waals surface area (Å²) in [6.45, 7) is 8.09. The van der Waals surface area contributed by atoms with Crippen LogP contribution in [0.2, 0.25) is 5.02 Å². The lowest BCUT2D eigenvalue weighted by atomic mass is 9.99. The van der Waals surface area contributed by atoms with E-state index in [1.54, 1.807) is 28.9 Å². The third kappa shape index (κ3) is 5.54. The second-order valence-electron chi connectivity index (χ2n) is 8.59. The minimum Gasteiger partial charge on any atom is -0.372 e. The summed E-state index contributed by atoms with van der Waals surface area (Å²) in [5, 5.41) is 3.54. The van der Waals surface area contributed by atoms with Crippen molar-refractivity contribution in [3.63, 3.8) is 0 Å². The highest BCUT2D eigenvalue weighted by Gasteiger charge is 2.47. The van der Waals surface area contributed by atoms with E-state index in [4.69, 9.17) is 11.6 Å². The van der Waals surface area contributed by atoms with Crippen LogP contribution < -0.4 is 15.6 Å². The average Bonchev–Trinajstić information content (AvgIpc) is 3.16. The van der Waals surface area contributed by atoms with Crippen LogP contribution in [0.25, 0.3) is 0 Å². The lowest BCUT2D eigenvalue weighted by Gasteiger charge is -2.20. The number of nitrogens with zero attached hydrogens (tertiary/aromatic N) is 2. The summed E-state index contributed by atoms with van der Waals surface area (Å²) in [6.07, 6.45) is 1.89. The van der Waals surface area contributed by atoms with Crippen molar-refractivity contribution < 1.29 is 14.3 Å². The standard InChI is InChI=1S/C28H29ClN4O2/c1-4-32(5-2)24-16-8-20(9-17-24)18-33-26(21-12-14-23(29)15-13-21)25(28(35)31-33)30-27(34)22-10-6-19(3)7-11-22/h6-18,25-26H,4-5H2,1-3H3,(H-,30,31,34,35)/p+1/t25-,26+/m1/s1. The molecule has 2 atom stereocenters. The molecule has 3 aromatic rings. The van der Waals surface area contributed by atoms with E-state index >= 15 is 0 Å². The Kier molecular flexibility index (Phi) is 7.51. The topological polar surface area (TPSA) is 64.5 Å². The summed E-state index contributed by atoms with van der Waals surface area (Å²) in [5.74, 6) is -0.573. The molecule has 35 heavy (non-hydrogen) atoms. The van der Waals surface area contributed by atoms with E-state index in [2.05, 4.69) is 41.6 Å². The van der Waals surface area contributed by atoms with Gasteiger partial charge in [0.15, 0.2) is 6.04 Å². The number of hydrazine groups is 1. The highest BCUT2D eigenvalue weighted by atomic mass is 35.5. The van der Waals surface area contributed by atoms with Crippen LogP contribution in [0.15, 0.2) is 72.8 Å². The molecule has 1 aliphatic heterocycles. The van der Waals surface area contributed by atoms with Gasteiger partial charge in [0.05, 0.1) is 0 Å². The van der Waals surface area contributed by atoms with Gasteiger partial charge in [0.25, 0.3) is 5.91 Å². The zero-order valence-electron chi connectivity index (χ0n) is 20.2. The molecule has 3 aromatic carbocycles. The molecule has 0 bridgehead atoms. The first-order chi connectivity index (χ1) is 16.9. The summed E-state index contributed by atoms with van der Waals surface area (Å²) >= 11 is 6.11. The van der Waals surface area contributed by atoms with Gasteiger partial charge in [-0.2, -0.15) is 0 Å². The van der Waals surface area contributed by atoms with Crippen LogP contribution in [-0.2, 0) is 4.79 Å². The smallest absolute Gasteiger partial charge is 0.304 e. The van der Waals surface area contributed by atoms with Gasteiger partial charge in [0.2, 0.25) is 12.3 Å². The molecule has 0 saturated carbocycles. The van der Waals surface area contributed by atoms with Crippen LogP contribution in [0.5, 0.6) is 0 Å². The second-order valence-corrected chi connectivity index (χ2v) is 9.03.